The molecule has 1 fully saturated rings. The van der Waals surface area contributed by atoms with Crippen LogP contribution in [0.1, 0.15) is 34.0 Å². The lowest BCUT2D eigenvalue weighted by Crippen LogP contribution is -2.55. The summed E-state index contributed by atoms with van der Waals surface area (Å²) in [7, 11) is -2.63. The molecule has 0 radical (unpaired) electrons. The molecule has 174 valence electrons. The lowest BCUT2D eigenvalue weighted by molar-refractivity contribution is -0.123. The second-order valence-electron chi connectivity index (χ2n) is 7.40. The van der Waals surface area contributed by atoms with Crippen LogP contribution in [0.2, 0.25) is 5.02 Å². The van der Waals surface area contributed by atoms with E-state index in [2.05, 4.69) is 9.71 Å². The molecule has 1 aliphatic heterocycles. The number of amides is 1. The molecule has 0 saturated carbocycles. The predicted octanol–water partition coefficient (Wildman–Crippen LogP) is 1.96. The molecule has 0 unspecified atom stereocenters. The molecule has 2 N–H and O–H groups in total. The Morgan fingerprint density at radius 1 is 1.33 bits per heavy atom. The Morgan fingerprint density at radius 2 is 1.97 bits per heavy atom. The molecule has 2 heterocycles. The largest absolute Gasteiger partial charge is 0.480 e. The van der Waals surface area contributed by atoms with Crippen LogP contribution in [-0.4, -0.2) is 50.6 Å². The van der Waals surface area contributed by atoms with E-state index in [1.807, 2.05) is 6.07 Å². The van der Waals surface area contributed by atoms with Crippen molar-refractivity contribution in [2.24, 2.45) is 5.92 Å². The summed E-state index contributed by atoms with van der Waals surface area (Å²) in [6, 6.07) is 8.24. The third-order valence-corrected chi connectivity index (χ3v) is 6.68. The van der Waals surface area contributed by atoms with Crippen LogP contribution >= 0.6 is 11.6 Å². The highest BCUT2D eigenvalue weighted by Crippen LogP contribution is 2.34. The average Bonchev–Trinajstić information content (AvgIpc) is 2.72. The van der Waals surface area contributed by atoms with E-state index in [9.17, 15) is 28.4 Å². The number of pyridine rings is 1. The highest BCUT2D eigenvalue weighted by atomic mass is 35.5. The number of nitriles is 1. The fraction of sp³-hybridized carbons (Fsp3) is 0.333. The van der Waals surface area contributed by atoms with Crippen molar-refractivity contribution in [2.75, 3.05) is 25.1 Å². The van der Waals surface area contributed by atoms with E-state index < -0.39 is 27.8 Å². The van der Waals surface area contributed by atoms with E-state index in [-0.39, 0.29) is 53.7 Å². The van der Waals surface area contributed by atoms with E-state index >= 15 is 0 Å². The fourth-order valence-electron chi connectivity index (χ4n) is 3.56. The summed E-state index contributed by atoms with van der Waals surface area (Å²) in [5.74, 6) is -2.88. The summed E-state index contributed by atoms with van der Waals surface area (Å²) >= 11 is 5.80. The van der Waals surface area contributed by atoms with E-state index in [0.717, 1.165) is 0 Å². The van der Waals surface area contributed by atoms with Crippen LogP contribution in [0.5, 0.6) is 5.88 Å². The minimum atomic E-state index is -3.91. The third kappa shape index (κ3) is 5.18. The molecular weight excluding hydrogens is 472 g/mol. The van der Waals surface area contributed by atoms with Gasteiger partial charge in [0.05, 0.1) is 24.3 Å². The zero-order chi connectivity index (χ0) is 24.3. The Balaban J connectivity index is 1.74. The third-order valence-electron chi connectivity index (χ3n) is 5.20. The molecule has 2 aromatic rings. The van der Waals surface area contributed by atoms with Gasteiger partial charge in [0.15, 0.2) is 5.82 Å². The summed E-state index contributed by atoms with van der Waals surface area (Å²) in [6.45, 7) is 1.94. The number of halogens is 1. The molecule has 0 aliphatic carbocycles. The first kappa shape index (κ1) is 24.3. The number of aromatic carboxylic acids is 1. The van der Waals surface area contributed by atoms with E-state index in [1.54, 1.807) is 36.1 Å². The van der Waals surface area contributed by atoms with Crippen LogP contribution in [0, 0.1) is 17.2 Å². The van der Waals surface area contributed by atoms with Crippen LogP contribution in [-0.2, 0) is 27.0 Å². The van der Waals surface area contributed by atoms with Gasteiger partial charge >= 0.3 is 5.97 Å². The number of nitrogens with zero attached hydrogens (tertiary/aromatic N) is 3. The smallest absolute Gasteiger partial charge is 0.341 e. The van der Waals surface area contributed by atoms with Crippen molar-refractivity contribution >= 4 is 39.3 Å². The molecule has 1 saturated heterocycles. The molecule has 10 nitrogen and oxygen atoms in total. The molecule has 12 heteroatoms. The first-order valence-electron chi connectivity index (χ1n) is 9.88. The molecule has 1 aromatic carbocycles. The van der Waals surface area contributed by atoms with Crippen LogP contribution in [0.4, 0.5) is 5.82 Å². The monoisotopic (exact) mass is 492 g/mol. The average molecular weight is 493 g/mol. The van der Waals surface area contributed by atoms with Crippen LogP contribution in [0.3, 0.4) is 0 Å². The lowest BCUT2D eigenvalue weighted by Gasteiger charge is -2.39. The van der Waals surface area contributed by atoms with E-state index in [1.165, 1.54) is 7.11 Å². The number of nitrogens with one attached hydrogen (secondary N) is 1. The molecule has 0 spiro atoms. The summed E-state index contributed by atoms with van der Waals surface area (Å²) in [4.78, 5) is 29.9. The van der Waals surface area contributed by atoms with E-state index in [4.69, 9.17) is 16.3 Å². The molecular formula is C21H21ClN4O6S. The summed E-state index contributed by atoms with van der Waals surface area (Å²) in [6.07, 6.45) is 0.261. The van der Waals surface area contributed by atoms with Gasteiger partial charge in [-0.05, 0) is 29.7 Å². The number of carbonyl (C=O) groups excluding carboxylic acids is 1. The summed E-state index contributed by atoms with van der Waals surface area (Å²) < 4.78 is 31.9. The number of aromatic nitrogens is 1. The van der Waals surface area contributed by atoms with Gasteiger partial charge < -0.3 is 14.7 Å². The van der Waals surface area contributed by atoms with E-state index in [0.29, 0.717) is 10.6 Å². The van der Waals surface area contributed by atoms with Crippen molar-refractivity contribution in [2.45, 2.75) is 19.1 Å². The quantitative estimate of drug-likeness (QED) is 0.563. The van der Waals surface area contributed by atoms with Crippen molar-refractivity contribution < 1.29 is 27.9 Å². The number of carbonyl (C=O) groups is 2. The van der Waals surface area contributed by atoms with Gasteiger partial charge in [0.2, 0.25) is 21.8 Å². The fourth-order valence-corrected chi connectivity index (χ4v) is 4.86. The van der Waals surface area contributed by atoms with Crippen LogP contribution < -0.4 is 14.4 Å². The van der Waals surface area contributed by atoms with Crippen molar-refractivity contribution in [3.05, 3.63) is 51.5 Å². The van der Waals surface area contributed by atoms with Gasteiger partial charge in [0.1, 0.15) is 11.6 Å². The SMILES string of the molecule is CCc1c(C#N)c(N2CC(C(=O)NS(=O)(=O)Cc3ccc(Cl)cc3)C2)nc(OC)c1C(=O)O. The number of methoxy groups -OCH3 is 1. The second kappa shape index (κ2) is 9.64. The van der Waals surface area contributed by atoms with Gasteiger partial charge in [-0.1, -0.05) is 30.7 Å². The summed E-state index contributed by atoms with van der Waals surface area (Å²) in [5, 5.41) is 19.6. The first-order valence-corrected chi connectivity index (χ1v) is 11.9. The molecule has 1 aromatic heterocycles. The standard InChI is InChI=1S/C21H21ClN4O6S/c1-3-15-16(8-23)18(24-20(32-2)17(15)21(28)29)26-9-13(10-26)19(27)25-33(30,31)11-12-4-6-14(22)7-5-12/h4-7,13H,3,9-11H2,1-2H3,(H,25,27)(H,28,29). The first-order chi connectivity index (χ1) is 15.6. The van der Waals surface area contributed by atoms with Crippen molar-refractivity contribution in [1.29, 1.82) is 5.26 Å². The molecule has 0 atom stereocenters. The number of carboxylic acids is 1. The normalized spacial score (nSPS) is 13.7. The summed E-state index contributed by atoms with van der Waals surface area (Å²) in [5.41, 5.74) is 0.675. The topological polar surface area (TPSA) is 150 Å². The Kier molecular flexibility index (Phi) is 7.09. The number of hydrogen-bond acceptors (Lipinski definition) is 8. The predicted molar refractivity (Wildman–Crippen MR) is 120 cm³/mol. The van der Waals surface area contributed by atoms with Gasteiger partial charge in [-0.15, -0.1) is 0 Å². The van der Waals surface area contributed by atoms with Crippen LogP contribution in [0.15, 0.2) is 24.3 Å². The number of hydrogen-bond donors (Lipinski definition) is 2. The Labute approximate surface area is 195 Å². The van der Waals surface area contributed by atoms with Crippen molar-refractivity contribution in [1.82, 2.24) is 9.71 Å². The Hall–Kier alpha value is -3.36. The number of benzene rings is 1. The molecule has 1 amide bonds. The molecule has 0 bridgehead atoms. The number of rotatable bonds is 8. The lowest BCUT2D eigenvalue weighted by atomic mass is 9.96. The highest BCUT2D eigenvalue weighted by molar-refractivity contribution is 7.89. The van der Waals surface area contributed by atoms with Crippen molar-refractivity contribution in [3.8, 4) is 11.9 Å². The number of anilines is 1. The second-order valence-corrected chi connectivity index (χ2v) is 9.56. The number of ether oxygens (including phenoxy) is 1. The zero-order valence-electron chi connectivity index (χ0n) is 17.8. The maximum atomic E-state index is 12.5. The Bertz CT molecular complexity index is 1230. The number of carboxylic acid groups (broad SMARTS) is 1. The highest BCUT2D eigenvalue weighted by Gasteiger charge is 2.38. The maximum Gasteiger partial charge on any atom is 0.341 e. The van der Waals surface area contributed by atoms with Gasteiger partial charge in [0, 0.05) is 18.1 Å². The molecule has 3 rings (SSSR count). The van der Waals surface area contributed by atoms with Gasteiger partial charge in [-0.2, -0.15) is 10.2 Å². The van der Waals surface area contributed by atoms with Gasteiger partial charge in [-0.25, -0.2) is 13.2 Å². The number of sulfonamides is 1. The van der Waals surface area contributed by atoms with Crippen LogP contribution in [0.25, 0.3) is 0 Å². The molecule has 1 aliphatic rings. The van der Waals surface area contributed by atoms with Crippen molar-refractivity contribution in [3.63, 3.8) is 0 Å². The minimum absolute atomic E-state index is 0.0879. The zero-order valence-corrected chi connectivity index (χ0v) is 19.4. The van der Waals surface area contributed by atoms with Gasteiger partial charge in [0.25, 0.3) is 0 Å². The minimum Gasteiger partial charge on any atom is -0.480 e. The van der Waals surface area contributed by atoms with Gasteiger partial charge in [-0.3, -0.25) is 9.52 Å². The molecule has 33 heavy (non-hydrogen) atoms. The maximum absolute atomic E-state index is 12.5. The Morgan fingerprint density at radius 3 is 2.48 bits per heavy atom.